The van der Waals surface area contributed by atoms with Gasteiger partial charge in [0, 0.05) is 27.7 Å². The number of carbonyl (C=O) groups is 1. The molecule has 0 aliphatic carbocycles. The first-order chi connectivity index (χ1) is 14.2. The Labute approximate surface area is 173 Å². The molecule has 4 nitrogen and oxygen atoms in total. The molecule has 1 N–H and O–H groups in total. The summed E-state index contributed by atoms with van der Waals surface area (Å²) >= 11 is 6.25. The number of nitrogens with zero attached hydrogens (tertiary/aromatic N) is 1. The SMILES string of the molecule is CCOC(=O)c1ccccc1N=Cc1c(-c2ccccc2)[nH]c2ccc(Cl)cc12. The molecule has 144 valence electrons. The van der Waals surface area contributed by atoms with Gasteiger partial charge in [-0.1, -0.05) is 54.1 Å². The number of halogens is 1. The van der Waals surface area contributed by atoms with Gasteiger partial charge in [-0.05, 0) is 42.8 Å². The summed E-state index contributed by atoms with van der Waals surface area (Å²) in [6.45, 7) is 2.10. The van der Waals surface area contributed by atoms with E-state index in [0.29, 0.717) is 22.9 Å². The zero-order valence-electron chi connectivity index (χ0n) is 15.9. The highest BCUT2D eigenvalue weighted by atomic mass is 35.5. The van der Waals surface area contributed by atoms with Gasteiger partial charge in [0.2, 0.25) is 0 Å². The molecule has 0 amide bonds. The number of carbonyl (C=O) groups excluding carboxylic acids is 1. The van der Waals surface area contributed by atoms with Gasteiger partial charge in [-0.15, -0.1) is 0 Å². The Morgan fingerprint density at radius 3 is 2.62 bits per heavy atom. The topological polar surface area (TPSA) is 54.4 Å². The summed E-state index contributed by atoms with van der Waals surface area (Å²) in [4.78, 5) is 20.3. The van der Waals surface area contributed by atoms with E-state index in [9.17, 15) is 4.79 Å². The van der Waals surface area contributed by atoms with Crippen LogP contribution in [0.1, 0.15) is 22.8 Å². The number of H-pyrrole nitrogens is 1. The standard InChI is InChI=1S/C24H19ClN2O2/c1-2-29-24(28)18-10-6-7-11-21(18)26-15-20-19-14-17(25)12-13-22(19)27-23(20)16-8-4-3-5-9-16/h3-15,27H,2H2,1H3. The molecule has 0 aliphatic rings. The summed E-state index contributed by atoms with van der Waals surface area (Å²) < 4.78 is 5.15. The molecule has 3 aromatic carbocycles. The molecule has 29 heavy (non-hydrogen) atoms. The van der Waals surface area contributed by atoms with Crippen molar-refractivity contribution in [2.24, 2.45) is 4.99 Å². The van der Waals surface area contributed by atoms with E-state index >= 15 is 0 Å². The highest BCUT2D eigenvalue weighted by molar-refractivity contribution is 6.31. The third-order valence-electron chi connectivity index (χ3n) is 4.60. The van der Waals surface area contributed by atoms with Gasteiger partial charge in [0.15, 0.2) is 0 Å². The molecule has 5 heteroatoms. The number of rotatable bonds is 5. The van der Waals surface area contributed by atoms with Gasteiger partial charge in [0.25, 0.3) is 0 Å². The van der Waals surface area contributed by atoms with Gasteiger partial charge in [0.05, 0.1) is 23.6 Å². The number of hydrogen-bond donors (Lipinski definition) is 1. The Kier molecular flexibility index (Phi) is 5.45. The van der Waals surface area contributed by atoms with E-state index in [4.69, 9.17) is 16.3 Å². The van der Waals surface area contributed by atoms with E-state index in [1.54, 1.807) is 31.3 Å². The molecule has 0 spiro atoms. The van der Waals surface area contributed by atoms with Crippen LogP contribution in [0.4, 0.5) is 5.69 Å². The van der Waals surface area contributed by atoms with E-state index < -0.39 is 0 Å². The minimum absolute atomic E-state index is 0.315. The van der Waals surface area contributed by atoms with Crippen LogP contribution in [0, 0.1) is 0 Å². The lowest BCUT2D eigenvalue weighted by Gasteiger charge is -2.05. The summed E-state index contributed by atoms with van der Waals surface area (Å²) in [6.07, 6.45) is 1.77. The van der Waals surface area contributed by atoms with Crippen molar-refractivity contribution in [2.75, 3.05) is 6.61 Å². The Balaban J connectivity index is 1.85. The number of ether oxygens (including phenoxy) is 1. The molecule has 0 saturated heterocycles. The van der Waals surface area contributed by atoms with E-state index in [0.717, 1.165) is 27.7 Å². The van der Waals surface area contributed by atoms with Crippen LogP contribution in [0.3, 0.4) is 0 Å². The Bertz CT molecular complexity index is 1200. The molecule has 0 aliphatic heterocycles. The molecule has 0 unspecified atom stereocenters. The van der Waals surface area contributed by atoms with Crippen LogP contribution in [0.25, 0.3) is 22.2 Å². The van der Waals surface area contributed by atoms with Crippen molar-refractivity contribution in [1.29, 1.82) is 0 Å². The Morgan fingerprint density at radius 1 is 1.07 bits per heavy atom. The smallest absolute Gasteiger partial charge is 0.340 e. The lowest BCUT2D eigenvalue weighted by atomic mass is 10.1. The molecule has 1 heterocycles. The summed E-state index contributed by atoms with van der Waals surface area (Å²) in [6, 6.07) is 22.9. The minimum atomic E-state index is -0.384. The van der Waals surface area contributed by atoms with Crippen molar-refractivity contribution in [1.82, 2.24) is 4.98 Å². The van der Waals surface area contributed by atoms with E-state index in [2.05, 4.69) is 9.98 Å². The molecule has 0 radical (unpaired) electrons. The zero-order valence-corrected chi connectivity index (χ0v) is 16.6. The maximum Gasteiger partial charge on any atom is 0.340 e. The number of esters is 1. The molecule has 1 aromatic heterocycles. The fourth-order valence-electron chi connectivity index (χ4n) is 3.25. The number of para-hydroxylation sites is 1. The van der Waals surface area contributed by atoms with Crippen molar-refractivity contribution in [3.8, 4) is 11.3 Å². The molecule has 4 aromatic rings. The highest BCUT2D eigenvalue weighted by Crippen LogP contribution is 2.31. The van der Waals surface area contributed by atoms with Crippen LogP contribution in [-0.4, -0.2) is 23.8 Å². The average molecular weight is 403 g/mol. The molecule has 4 rings (SSSR count). The van der Waals surface area contributed by atoms with Crippen molar-refractivity contribution in [3.63, 3.8) is 0 Å². The first-order valence-corrected chi connectivity index (χ1v) is 9.72. The third-order valence-corrected chi connectivity index (χ3v) is 4.83. The second-order valence-electron chi connectivity index (χ2n) is 6.47. The fourth-order valence-corrected chi connectivity index (χ4v) is 3.43. The number of nitrogens with one attached hydrogen (secondary N) is 1. The lowest BCUT2D eigenvalue weighted by Crippen LogP contribution is -2.04. The number of benzene rings is 3. The fraction of sp³-hybridized carbons (Fsp3) is 0.0833. The van der Waals surface area contributed by atoms with Crippen LogP contribution in [-0.2, 0) is 4.74 Å². The van der Waals surface area contributed by atoms with Crippen LogP contribution in [0.15, 0.2) is 77.8 Å². The van der Waals surface area contributed by atoms with Gasteiger partial charge < -0.3 is 9.72 Å². The molecule has 0 fully saturated rings. The van der Waals surface area contributed by atoms with Gasteiger partial charge in [-0.3, -0.25) is 4.99 Å². The van der Waals surface area contributed by atoms with Crippen molar-refractivity contribution in [3.05, 3.63) is 88.9 Å². The van der Waals surface area contributed by atoms with Gasteiger partial charge >= 0.3 is 5.97 Å². The summed E-state index contributed by atoms with van der Waals surface area (Å²) in [5.74, 6) is -0.384. The first kappa shape index (κ1) is 19.0. The maximum absolute atomic E-state index is 12.3. The van der Waals surface area contributed by atoms with Crippen molar-refractivity contribution >= 4 is 40.4 Å². The summed E-state index contributed by atoms with van der Waals surface area (Å²) in [5, 5.41) is 1.62. The van der Waals surface area contributed by atoms with Gasteiger partial charge in [-0.25, -0.2) is 4.79 Å². The summed E-state index contributed by atoms with van der Waals surface area (Å²) in [7, 11) is 0. The van der Waals surface area contributed by atoms with Crippen LogP contribution < -0.4 is 0 Å². The lowest BCUT2D eigenvalue weighted by molar-refractivity contribution is 0.0527. The zero-order chi connectivity index (χ0) is 20.2. The molecular formula is C24H19ClN2O2. The van der Waals surface area contributed by atoms with E-state index in [1.165, 1.54) is 0 Å². The van der Waals surface area contributed by atoms with E-state index in [-0.39, 0.29) is 5.97 Å². The predicted molar refractivity (Wildman–Crippen MR) is 118 cm³/mol. The van der Waals surface area contributed by atoms with Crippen LogP contribution in [0.2, 0.25) is 5.02 Å². The number of fused-ring (bicyclic) bond motifs is 1. The molecular weight excluding hydrogens is 384 g/mol. The molecule has 0 bridgehead atoms. The summed E-state index contributed by atoms with van der Waals surface area (Å²) in [5.41, 5.74) is 4.85. The second-order valence-corrected chi connectivity index (χ2v) is 6.90. The second kappa shape index (κ2) is 8.33. The van der Waals surface area contributed by atoms with E-state index in [1.807, 2.05) is 54.6 Å². The first-order valence-electron chi connectivity index (χ1n) is 9.34. The minimum Gasteiger partial charge on any atom is -0.462 e. The van der Waals surface area contributed by atoms with Gasteiger partial charge in [-0.2, -0.15) is 0 Å². The van der Waals surface area contributed by atoms with Crippen molar-refractivity contribution in [2.45, 2.75) is 6.92 Å². The number of aromatic amines is 1. The van der Waals surface area contributed by atoms with Crippen molar-refractivity contribution < 1.29 is 9.53 Å². The Hall–Kier alpha value is -3.37. The number of aliphatic imine (C=N–C) groups is 1. The highest BCUT2D eigenvalue weighted by Gasteiger charge is 2.14. The van der Waals surface area contributed by atoms with Crippen LogP contribution in [0.5, 0.6) is 0 Å². The number of aromatic nitrogens is 1. The number of hydrogen-bond acceptors (Lipinski definition) is 3. The predicted octanol–water partition coefficient (Wildman–Crippen LogP) is 6.42. The molecule has 0 atom stereocenters. The third kappa shape index (κ3) is 3.93. The maximum atomic E-state index is 12.3. The molecule has 0 saturated carbocycles. The monoisotopic (exact) mass is 402 g/mol. The largest absolute Gasteiger partial charge is 0.462 e. The van der Waals surface area contributed by atoms with Crippen LogP contribution >= 0.6 is 11.6 Å². The quantitative estimate of drug-likeness (QED) is 0.309. The average Bonchev–Trinajstić information content (AvgIpc) is 3.11. The van der Waals surface area contributed by atoms with Gasteiger partial charge in [0.1, 0.15) is 0 Å². The normalized spacial score (nSPS) is 11.2. The Morgan fingerprint density at radius 2 is 1.83 bits per heavy atom.